The Labute approximate surface area is 170 Å². The molecule has 1 unspecified atom stereocenters. The Hall–Kier alpha value is -2.14. The molecule has 1 atom stereocenters. The summed E-state index contributed by atoms with van der Waals surface area (Å²) in [5.74, 6) is 0.278. The Balaban J connectivity index is 1.61. The molecule has 0 spiro atoms. The van der Waals surface area contributed by atoms with Crippen LogP contribution in [0.1, 0.15) is 44.6 Å². The second kappa shape index (κ2) is 8.08. The van der Waals surface area contributed by atoms with Crippen LogP contribution in [0.15, 0.2) is 41.8 Å². The lowest BCUT2D eigenvalue weighted by Crippen LogP contribution is -2.54. The van der Waals surface area contributed by atoms with Crippen LogP contribution in [-0.4, -0.2) is 35.8 Å². The molecule has 148 valence electrons. The van der Waals surface area contributed by atoms with E-state index in [1.165, 1.54) is 16.0 Å². The van der Waals surface area contributed by atoms with E-state index >= 15 is 0 Å². The summed E-state index contributed by atoms with van der Waals surface area (Å²) in [5.41, 5.74) is 1.84. The van der Waals surface area contributed by atoms with Gasteiger partial charge in [0, 0.05) is 30.4 Å². The zero-order valence-electron chi connectivity index (χ0n) is 16.4. The fourth-order valence-electron chi connectivity index (χ4n) is 4.21. The van der Waals surface area contributed by atoms with Gasteiger partial charge in [-0.15, -0.1) is 11.3 Å². The quantitative estimate of drug-likeness (QED) is 0.793. The molecule has 28 heavy (non-hydrogen) atoms. The molecule has 2 aromatic rings. The van der Waals surface area contributed by atoms with Crippen molar-refractivity contribution in [1.82, 2.24) is 10.2 Å². The molecule has 1 aliphatic heterocycles. The van der Waals surface area contributed by atoms with E-state index in [0.717, 1.165) is 32.2 Å². The van der Waals surface area contributed by atoms with Crippen molar-refractivity contribution in [2.75, 3.05) is 13.1 Å². The smallest absolute Gasteiger partial charge is 0.228 e. The van der Waals surface area contributed by atoms with Crippen molar-refractivity contribution in [3.05, 3.63) is 47.3 Å². The molecule has 2 amide bonds. The van der Waals surface area contributed by atoms with E-state index in [-0.39, 0.29) is 11.8 Å². The van der Waals surface area contributed by atoms with Crippen molar-refractivity contribution in [1.29, 1.82) is 0 Å². The highest BCUT2D eigenvalue weighted by Crippen LogP contribution is 2.37. The molecular weight excluding hydrogens is 368 g/mol. The maximum Gasteiger partial charge on any atom is 0.228 e. The van der Waals surface area contributed by atoms with Crippen LogP contribution in [0, 0.1) is 5.41 Å². The fraction of sp³-hybridized carbons (Fsp3) is 0.478. The van der Waals surface area contributed by atoms with E-state index in [4.69, 9.17) is 0 Å². The van der Waals surface area contributed by atoms with Crippen LogP contribution >= 0.6 is 11.3 Å². The van der Waals surface area contributed by atoms with Gasteiger partial charge in [0.05, 0.1) is 5.41 Å². The van der Waals surface area contributed by atoms with E-state index < -0.39 is 5.41 Å². The average molecular weight is 397 g/mol. The standard InChI is InChI=1S/C23H28N2O2S/c1-2-21(26)25-12-5-11-23(16-25,22(27)24-19-9-10-19)15-17-6-3-7-18(14-17)20-8-4-13-28-20/h3-4,6-8,13-14,19H,2,5,9-12,15-16H2,1H3,(H,24,27). The molecule has 2 fully saturated rings. The topological polar surface area (TPSA) is 49.4 Å². The van der Waals surface area contributed by atoms with Crippen molar-refractivity contribution >= 4 is 23.2 Å². The van der Waals surface area contributed by atoms with E-state index in [9.17, 15) is 9.59 Å². The van der Waals surface area contributed by atoms with Crippen LogP contribution in [0.3, 0.4) is 0 Å². The number of amides is 2. The van der Waals surface area contributed by atoms with Gasteiger partial charge in [-0.05, 0) is 54.7 Å². The van der Waals surface area contributed by atoms with Crippen LogP contribution in [0.2, 0.25) is 0 Å². The van der Waals surface area contributed by atoms with E-state index in [1.54, 1.807) is 11.3 Å². The first kappa shape index (κ1) is 19.2. The molecule has 1 N–H and O–H groups in total. The van der Waals surface area contributed by atoms with E-state index in [0.29, 0.717) is 25.4 Å². The number of rotatable bonds is 6. The number of benzene rings is 1. The Morgan fingerprint density at radius 1 is 1.25 bits per heavy atom. The molecular formula is C23H28N2O2S. The van der Waals surface area contributed by atoms with Crippen molar-refractivity contribution in [3.63, 3.8) is 0 Å². The van der Waals surface area contributed by atoms with Crippen molar-refractivity contribution in [2.24, 2.45) is 5.41 Å². The second-order valence-electron chi connectivity index (χ2n) is 8.15. The maximum absolute atomic E-state index is 13.3. The fourth-order valence-corrected chi connectivity index (χ4v) is 4.94. The number of nitrogens with zero attached hydrogens (tertiary/aromatic N) is 1. The van der Waals surface area contributed by atoms with Gasteiger partial charge in [0.25, 0.3) is 0 Å². The molecule has 4 nitrogen and oxygen atoms in total. The number of likely N-dealkylation sites (tertiary alicyclic amines) is 1. The number of nitrogens with one attached hydrogen (secondary N) is 1. The molecule has 1 saturated carbocycles. The molecule has 4 rings (SSSR count). The molecule has 5 heteroatoms. The average Bonchev–Trinajstić information content (AvgIpc) is 3.36. The SMILES string of the molecule is CCC(=O)N1CCCC(Cc2cccc(-c3cccs3)c2)(C(=O)NC2CC2)C1. The molecule has 2 heterocycles. The van der Waals surface area contributed by atoms with Crippen LogP contribution in [-0.2, 0) is 16.0 Å². The minimum atomic E-state index is -0.528. The molecule has 0 bridgehead atoms. The molecule has 1 aromatic carbocycles. The molecule has 1 aromatic heterocycles. The number of carbonyl (C=O) groups is 2. The van der Waals surface area contributed by atoms with Crippen molar-refractivity contribution < 1.29 is 9.59 Å². The lowest BCUT2D eigenvalue weighted by atomic mass is 9.74. The highest BCUT2D eigenvalue weighted by atomic mass is 32.1. The van der Waals surface area contributed by atoms with Gasteiger partial charge < -0.3 is 10.2 Å². The third kappa shape index (κ3) is 4.14. The summed E-state index contributed by atoms with van der Waals surface area (Å²) in [6, 6.07) is 13.0. The lowest BCUT2D eigenvalue weighted by Gasteiger charge is -2.42. The number of thiophene rings is 1. The summed E-state index contributed by atoms with van der Waals surface area (Å²) in [4.78, 5) is 28.8. The number of hydrogen-bond donors (Lipinski definition) is 1. The van der Waals surface area contributed by atoms with Gasteiger partial charge in [0.15, 0.2) is 0 Å². The minimum Gasteiger partial charge on any atom is -0.353 e. The van der Waals surface area contributed by atoms with Crippen LogP contribution in [0.5, 0.6) is 0 Å². The minimum absolute atomic E-state index is 0.130. The third-order valence-corrected chi connectivity index (χ3v) is 6.82. The summed E-state index contributed by atoms with van der Waals surface area (Å²) < 4.78 is 0. The van der Waals surface area contributed by atoms with Gasteiger partial charge in [-0.25, -0.2) is 0 Å². The monoisotopic (exact) mass is 396 g/mol. The third-order valence-electron chi connectivity index (χ3n) is 5.90. The van der Waals surface area contributed by atoms with Crippen LogP contribution in [0.25, 0.3) is 10.4 Å². The van der Waals surface area contributed by atoms with E-state index in [1.807, 2.05) is 11.8 Å². The summed E-state index contributed by atoms with van der Waals surface area (Å²) in [6.45, 7) is 3.19. The van der Waals surface area contributed by atoms with Crippen molar-refractivity contribution in [2.45, 2.75) is 51.5 Å². The van der Waals surface area contributed by atoms with Gasteiger partial charge in [-0.1, -0.05) is 37.3 Å². The summed E-state index contributed by atoms with van der Waals surface area (Å²) >= 11 is 1.73. The largest absolute Gasteiger partial charge is 0.353 e. The molecule has 0 radical (unpaired) electrons. The lowest BCUT2D eigenvalue weighted by molar-refractivity contribution is -0.141. The highest BCUT2D eigenvalue weighted by molar-refractivity contribution is 7.13. The van der Waals surface area contributed by atoms with Gasteiger partial charge in [0.2, 0.25) is 11.8 Å². The first-order valence-corrected chi connectivity index (χ1v) is 11.2. The van der Waals surface area contributed by atoms with E-state index in [2.05, 4.69) is 47.1 Å². The van der Waals surface area contributed by atoms with Crippen LogP contribution < -0.4 is 5.32 Å². The summed E-state index contributed by atoms with van der Waals surface area (Å²) in [5, 5.41) is 5.31. The second-order valence-corrected chi connectivity index (χ2v) is 9.10. The Bertz CT molecular complexity index is 844. The van der Waals surface area contributed by atoms with Gasteiger partial charge >= 0.3 is 0 Å². The number of piperidine rings is 1. The highest BCUT2D eigenvalue weighted by Gasteiger charge is 2.44. The zero-order valence-corrected chi connectivity index (χ0v) is 17.3. The predicted octanol–water partition coefficient (Wildman–Crippen LogP) is 4.26. The Morgan fingerprint density at radius 2 is 2.11 bits per heavy atom. The van der Waals surface area contributed by atoms with Gasteiger partial charge in [0.1, 0.15) is 0 Å². The summed E-state index contributed by atoms with van der Waals surface area (Å²) in [7, 11) is 0. The predicted molar refractivity (Wildman–Crippen MR) is 113 cm³/mol. The normalized spacial score (nSPS) is 22.1. The Kier molecular flexibility index (Phi) is 5.54. The summed E-state index contributed by atoms with van der Waals surface area (Å²) in [6.07, 6.45) is 5.05. The number of hydrogen-bond acceptors (Lipinski definition) is 3. The van der Waals surface area contributed by atoms with Crippen LogP contribution in [0.4, 0.5) is 0 Å². The zero-order chi connectivity index (χ0) is 19.6. The first-order chi connectivity index (χ1) is 13.6. The van der Waals surface area contributed by atoms with Gasteiger partial charge in [-0.3, -0.25) is 9.59 Å². The molecule has 2 aliphatic rings. The molecule has 1 aliphatic carbocycles. The Morgan fingerprint density at radius 3 is 2.82 bits per heavy atom. The first-order valence-electron chi connectivity index (χ1n) is 10.3. The maximum atomic E-state index is 13.3. The molecule has 1 saturated heterocycles. The van der Waals surface area contributed by atoms with Crippen molar-refractivity contribution in [3.8, 4) is 10.4 Å². The van der Waals surface area contributed by atoms with Gasteiger partial charge in [-0.2, -0.15) is 0 Å². The number of carbonyl (C=O) groups excluding carboxylic acids is 2.